The molecule has 0 saturated heterocycles. The molecule has 1 fully saturated rings. The standard InChI is InChI=1S/C9H11F3N2S/c1-2-5-3-6(5)14-8-13-4-7(15-8)9(10,11)12/h4-6H,2-3H2,1H3,(H,13,14). The Bertz CT molecular complexity index is 347. The minimum absolute atomic E-state index is 0.322. The summed E-state index contributed by atoms with van der Waals surface area (Å²) < 4.78 is 36.7. The number of anilines is 1. The number of nitrogens with one attached hydrogen (secondary N) is 1. The molecule has 1 aliphatic carbocycles. The van der Waals surface area contributed by atoms with E-state index in [4.69, 9.17) is 0 Å². The molecule has 0 amide bonds. The van der Waals surface area contributed by atoms with Crippen LogP contribution in [0.2, 0.25) is 0 Å². The van der Waals surface area contributed by atoms with Gasteiger partial charge < -0.3 is 5.32 Å². The third-order valence-electron chi connectivity index (χ3n) is 2.54. The zero-order valence-electron chi connectivity index (χ0n) is 8.14. The lowest BCUT2D eigenvalue weighted by Gasteiger charge is -2.01. The summed E-state index contributed by atoms with van der Waals surface area (Å²) in [4.78, 5) is 3.08. The molecule has 2 nitrogen and oxygen atoms in total. The van der Waals surface area contributed by atoms with Crippen molar-refractivity contribution in [2.75, 3.05) is 5.32 Å². The van der Waals surface area contributed by atoms with E-state index in [1.54, 1.807) is 0 Å². The number of halogens is 3. The Balaban J connectivity index is 1.96. The summed E-state index contributed by atoms with van der Waals surface area (Å²) in [6.45, 7) is 2.08. The van der Waals surface area contributed by atoms with E-state index < -0.39 is 11.1 Å². The monoisotopic (exact) mass is 236 g/mol. The van der Waals surface area contributed by atoms with Gasteiger partial charge in [-0.3, -0.25) is 0 Å². The molecule has 6 heteroatoms. The molecule has 0 aromatic carbocycles. The fraction of sp³-hybridized carbons (Fsp3) is 0.667. The van der Waals surface area contributed by atoms with Crippen LogP contribution >= 0.6 is 11.3 Å². The van der Waals surface area contributed by atoms with Crippen molar-refractivity contribution in [2.24, 2.45) is 5.92 Å². The van der Waals surface area contributed by atoms with Crippen molar-refractivity contribution in [1.29, 1.82) is 0 Å². The number of aromatic nitrogens is 1. The van der Waals surface area contributed by atoms with Crippen molar-refractivity contribution >= 4 is 16.5 Å². The maximum absolute atomic E-state index is 12.2. The fourth-order valence-electron chi connectivity index (χ4n) is 1.51. The van der Waals surface area contributed by atoms with Gasteiger partial charge in [0.1, 0.15) is 4.88 Å². The highest BCUT2D eigenvalue weighted by Gasteiger charge is 2.37. The van der Waals surface area contributed by atoms with Gasteiger partial charge in [-0.15, -0.1) is 0 Å². The van der Waals surface area contributed by atoms with Gasteiger partial charge in [0.25, 0.3) is 0 Å². The van der Waals surface area contributed by atoms with E-state index >= 15 is 0 Å². The van der Waals surface area contributed by atoms with E-state index in [1.807, 2.05) is 0 Å². The topological polar surface area (TPSA) is 24.9 Å². The molecule has 1 aliphatic rings. The first-order chi connectivity index (χ1) is 7.00. The van der Waals surface area contributed by atoms with E-state index in [0.717, 1.165) is 19.0 Å². The second-order valence-corrected chi connectivity index (χ2v) is 4.71. The highest BCUT2D eigenvalue weighted by Crippen LogP contribution is 2.39. The summed E-state index contributed by atoms with van der Waals surface area (Å²) in [5.74, 6) is 0.600. The summed E-state index contributed by atoms with van der Waals surface area (Å²) in [7, 11) is 0. The third kappa shape index (κ3) is 2.42. The van der Waals surface area contributed by atoms with E-state index in [1.165, 1.54) is 0 Å². The highest BCUT2D eigenvalue weighted by molar-refractivity contribution is 7.15. The van der Waals surface area contributed by atoms with Crippen LogP contribution in [0.5, 0.6) is 0 Å². The molecular weight excluding hydrogens is 225 g/mol. The van der Waals surface area contributed by atoms with Gasteiger partial charge in [-0.05, 0) is 12.3 Å². The molecule has 1 heterocycles. The molecule has 0 radical (unpaired) electrons. The number of alkyl halides is 3. The van der Waals surface area contributed by atoms with E-state index in [9.17, 15) is 13.2 Å². The van der Waals surface area contributed by atoms with Gasteiger partial charge in [-0.25, -0.2) is 4.98 Å². The number of hydrogen-bond acceptors (Lipinski definition) is 3. The van der Waals surface area contributed by atoms with Crippen LogP contribution in [-0.2, 0) is 6.18 Å². The SMILES string of the molecule is CCC1CC1Nc1ncc(C(F)(F)F)s1. The maximum Gasteiger partial charge on any atom is 0.427 e. The molecule has 1 aromatic heterocycles. The largest absolute Gasteiger partial charge is 0.427 e. The zero-order valence-corrected chi connectivity index (χ0v) is 8.95. The lowest BCUT2D eigenvalue weighted by atomic mass is 10.3. The number of nitrogens with zero attached hydrogens (tertiary/aromatic N) is 1. The van der Waals surface area contributed by atoms with Gasteiger partial charge in [0.15, 0.2) is 5.13 Å². The number of hydrogen-bond donors (Lipinski definition) is 1. The molecule has 15 heavy (non-hydrogen) atoms. The summed E-state index contributed by atoms with van der Waals surface area (Å²) in [5, 5.41) is 3.39. The molecule has 2 atom stereocenters. The van der Waals surface area contributed by atoms with Crippen molar-refractivity contribution in [3.05, 3.63) is 11.1 Å². The molecule has 0 bridgehead atoms. The van der Waals surface area contributed by atoms with Gasteiger partial charge in [0.2, 0.25) is 0 Å². The molecule has 1 saturated carbocycles. The molecular formula is C9H11F3N2S. The van der Waals surface area contributed by atoms with Crippen LogP contribution in [0, 0.1) is 5.92 Å². The van der Waals surface area contributed by atoms with Crippen LogP contribution in [0.25, 0.3) is 0 Å². The third-order valence-corrected chi connectivity index (χ3v) is 3.51. The lowest BCUT2D eigenvalue weighted by Crippen LogP contribution is -2.03. The first-order valence-corrected chi connectivity index (χ1v) is 5.62. The average molecular weight is 236 g/mol. The van der Waals surface area contributed by atoms with Crippen LogP contribution in [-0.4, -0.2) is 11.0 Å². The molecule has 0 aliphatic heterocycles. The van der Waals surface area contributed by atoms with Gasteiger partial charge in [-0.1, -0.05) is 24.7 Å². The van der Waals surface area contributed by atoms with Crippen LogP contribution in [0.1, 0.15) is 24.6 Å². The summed E-state index contributed by atoms with van der Waals surface area (Å²) in [6.07, 6.45) is -1.28. The minimum atomic E-state index is -4.27. The number of rotatable bonds is 3. The number of thiazole rings is 1. The van der Waals surface area contributed by atoms with Gasteiger partial charge >= 0.3 is 6.18 Å². The zero-order chi connectivity index (χ0) is 11.1. The second kappa shape index (κ2) is 3.66. The van der Waals surface area contributed by atoms with Crippen molar-refractivity contribution in [3.8, 4) is 0 Å². The van der Waals surface area contributed by atoms with Crippen molar-refractivity contribution in [1.82, 2.24) is 4.98 Å². The summed E-state index contributed by atoms with van der Waals surface area (Å²) in [5.41, 5.74) is 0. The van der Waals surface area contributed by atoms with Crippen molar-refractivity contribution in [3.63, 3.8) is 0 Å². The molecule has 1 aromatic rings. The normalized spacial score (nSPS) is 25.3. The lowest BCUT2D eigenvalue weighted by molar-refractivity contribution is -0.134. The Morgan fingerprint density at radius 2 is 2.33 bits per heavy atom. The highest BCUT2D eigenvalue weighted by atomic mass is 32.1. The smallest absolute Gasteiger partial charge is 0.358 e. The molecule has 84 valence electrons. The fourth-order valence-corrected chi connectivity index (χ4v) is 2.25. The predicted molar refractivity (Wildman–Crippen MR) is 52.9 cm³/mol. The Morgan fingerprint density at radius 3 is 2.80 bits per heavy atom. The molecule has 1 N–H and O–H groups in total. The van der Waals surface area contributed by atoms with E-state index in [2.05, 4.69) is 17.2 Å². The minimum Gasteiger partial charge on any atom is -0.358 e. The predicted octanol–water partition coefficient (Wildman–Crippen LogP) is 3.37. The van der Waals surface area contributed by atoms with Crippen LogP contribution in [0.3, 0.4) is 0 Å². The average Bonchev–Trinajstić information content (AvgIpc) is 2.69. The summed E-state index contributed by atoms with van der Waals surface area (Å²) in [6, 6.07) is 0.322. The maximum atomic E-state index is 12.2. The Kier molecular flexibility index (Phi) is 2.62. The Morgan fingerprint density at radius 1 is 1.60 bits per heavy atom. The molecule has 2 rings (SSSR count). The van der Waals surface area contributed by atoms with Gasteiger partial charge in [-0.2, -0.15) is 13.2 Å². The first-order valence-electron chi connectivity index (χ1n) is 4.80. The van der Waals surface area contributed by atoms with E-state index in [0.29, 0.717) is 28.4 Å². The van der Waals surface area contributed by atoms with Gasteiger partial charge in [0, 0.05) is 6.04 Å². The Labute approximate surface area is 89.5 Å². The summed E-state index contributed by atoms with van der Waals surface area (Å²) >= 11 is 0.673. The van der Waals surface area contributed by atoms with Crippen LogP contribution in [0.15, 0.2) is 6.20 Å². The van der Waals surface area contributed by atoms with Crippen LogP contribution in [0.4, 0.5) is 18.3 Å². The molecule has 2 unspecified atom stereocenters. The first kappa shape index (κ1) is 10.7. The van der Waals surface area contributed by atoms with Crippen LogP contribution < -0.4 is 5.32 Å². The van der Waals surface area contributed by atoms with E-state index in [-0.39, 0.29) is 0 Å². The second-order valence-electron chi connectivity index (χ2n) is 3.68. The van der Waals surface area contributed by atoms with Crippen molar-refractivity contribution in [2.45, 2.75) is 32.0 Å². The molecule has 0 spiro atoms. The van der Waals surface area contributed by atoms with Crippen molar-refractivity contribution < 1.29 is 13.2 Å². The Hall–Kier alpha value is -0.780. The van der Waals surface area contributed by atoms with Gasteiger partial charge in [0.05, 0.1) is 6.20 Å². The quantitative estimate of drug-likeness (QED) is 0.870.